The van der Waals surface area contributed by atoms with E-state index < -0.39 is 78.5 Å². The van der Waals surface area contributed by atoms with Gasteiger partial charge in [0.25, 0.3) is 0 Å². The highest BCUT2D eigenvalue weighted by Gasteiger charge is 2.55. The quantitative estimate of drug-likeness (QED) is 0.317. The Balaban J connectivity index is 1.28. The zero-order chi connectivity index (χ0) is 33.4. The van der Waals surface area contributed by atoms with Crippen LogP contribution in [0.3, 0.4) is 0 Å². The number of fused-ring (bicyclic) bond motifs is 6. The molecule has 0 saturated carbocycles. The zero-order valence-corrected chi connectivity index (χ0v) is 26.6. The summed E-state index contributed by atoms with van der Waals surface area (Å²) in [5.41, 5.74) is -2.67. The molecule has 5 aliphatic rings. The summed E-state index contributed by atoms with van der Waals surface area (Å²) in [6, 6.07) is 6.02. The van der Waals surface area contributed by atoms with Crippen LogP contribution in [0.1, 0.15) is 82.7 Å². The largest absolute Gasteiger partial charge is 0.507 e. The smallest absolute Gasteiger partial charge is 0.198 e. The van der Waals surface area contributed by atoms with E-state index in [1.54, 1.807) is 33.1 Å². The number of Topliss-reactive ketones (excluding diaryl/α,β-unsaturated/α-hetero) is 1. The predicted octanol–water partition coefficient (Wildman–Crippen LogP) is 2.14. The predicted molar refractivity (Wildman–Crippen MR) is 161 cm³/mol. The summed E-state index contributed by atoms with van der Waals surface area (Å²) in [5.74, 6) is -3.07. The van der Waals surface area contributed by atoms with Crippen molar-refractivity contribution in [1.82, 2.24) is 4.90 Å². The van der Waals surface area contributed by atoms with Crippen molar-refractivity contribution in [2.45, 2.75) is 94.9 Å². The number of carbonyl (C=O) groups is 3. The normalized spacial score (nSPS) is 33.2. The van der Waals surface area contributed by atoms with Crippen molar-refractivity contribution in [2.24, 2.45) is 0 Å². The van der Waals surface area contributed by atoms with Crippen molar-refractivity contribution in [3.05, 3.63) is 57.6 Å². The van der Waals surface area contributed by atoms with Crippen LogP contribution < -0.4 is 0 Å². The van der Waals surface area contributed by atoms with Gasteiger partial charge in [0.05, 0.1) is 36.0 Å². The van der Waals surface area contributed by atoms with E-state index in [9.17, 15) is 29.7 Å². The van der Waals surface area contributed by atoms with E-state index in [-0.39, 0.29) is 58.1 Å². The number of morpholine rings is 1. The van der Waals surface area contributed by atoms with Crippen LogP contribution in [0.5, 0.6) is 11.5 Å². The van der Waals surface area contributed by atoms with E-state index in [2.05, 4.69) is 4.90 Å². The number of ether oxygens (including phenoxy) is 6. The number of hydrogen-bond acceptors (Lipinski definition) is 13. The monoisotopic (exact) mass is 653 g/mol. The Kier molecular flexibility index (Phi) is 8.25. The molecule has 3 heterocycles. The van der Waals surface area contributed by atoms with Gasteiger partial charge in [-0.2, -0.15) is 0 Å². The van der Waals surface area contributed by atoms with Crippen LogP contribution in [0.2, 0.25) is 0 Å². The minimum Gasteiger partial charge on any atom is -0.507 e. The number of methoxy groups -OCH3 is 1. The minimum atomic E-state index is -2.09. The lowest BCUT2D eigenvalue weighted by Crippen LogP contribution is -2.55. The Morgan fingerprint density at radius 3 is 2.43 bits per heavy atom. The number of nitrogens with zero attached hydrogens (tertiary/aromatic N) is 1. The minimum absolute atomic E-state index is 0.0220. The third kappa shape index (κ3) is 5.20. The molecule has 7 rings (SSSR count). The highest BCUT2D eigenvalue weighted by Crippen LogP contribution is 2.52. The maximum atomic E-state index is 13.7. The average Bonchev–Trinajstić information content (AvgIpc) is 3.43. The fourth-order valence-electron chi connectivity index (χ4n) is 7.68. The van der Waals surface area contributed by atoms with Crippen LogP contribution in [0.4, 0.5) is 0 Å². The molecule has 0 bridgehead atoms. The summed E-state index contributed by atoms with van der Waals surface area (Å²) in [5, 5.41) is 35.3. The molecule has 0 amide bonds. The first-order valence-electron chi connectivity index (χ1n) is 16.0. The van der Waals surface area contributed by atoms with Gasteiger partial charge in [0.2, 0.25) is 0 Å². The van der Waals surface area contributed by atoms with E-state index in [0.717, 1.165) is 0 Å². The standard InChI is InChI=1S/C34H39NO12/c1-15(2)44-14-22(36)34(41)12-19-24(30(40)26-25(29(19)39)27(37)17-7-5-6-8-18(17)28(26)38)21(13-34)46-23-11-20-31(16(3)45-23)47-32-33(42-4)43-10-9-35(20)32/h5-8,15-16,20-21,23,31-33,39-41H,9-14H2,1-4H3. The van der Waals surface area contributed by atoms with Gasteiger partial charge in [-0.1, -0.05) is 24.3 Å². The number of hydrogen-bond donors (Lipinski definition) is 3. The second-order valence-electron chi connectivity index (χ2n) is 13.1. The summed E-state index contributed by atoms with van der Waals surface area (Å²) in [6.45, 7) is 6.00. The van der Waals surface area contributed by atoms with Crippen LogP contribution in [-0.4, -0.2) is 113 Å². The summed E-state index contributed by atoms with van der Waals surface area (Å²) >= 11 is 0. The molecule has 2 aromatic carbocycles. The van der Waals surface area contributed by atoms with E-state index in [1.165, 1.54) is 12.1 Å². The molecule has 3 N–H and O–H groups in total. The van der Waals surface area contributed by atoms with Crippen molar-refractivity contribution in [3.8, 4) is 11.5 Å². The lowest BCUT2D eigenvalue weighted by atomic mass is 9.72. The van der Waals surface area contributed by atoms with Crippen molar-refractivity contribution in [1.29, 1.82) is 0 Å². The number of ketones is 3. The van der Waals surface area contributed by atoms with Crippen molar-refractivity contribution < 1.29 is 58.1 Å². The van der Waals surface area contributed by atoms with Gasteiger partial charge >= 0.3 is 0 Å². The molecule has 3 saturated heterocycles. The lowest BCUT2D eigenvalue weighted by Gasteiger charge is -2.43. The molecule has 13 nitrogen and oxygen atoms in total. The Bertz CT molecular complexity index is 1620. The maximum absolute atomic E-state index is 13.7. The Morgan fingerprint density at radius 1 is 1.09 bits per heavy atom. The van der Waals surface area contributed by atoms with Crippen LogP contribution in [0, 0.1) is 0 Å². The van der Waals surface area contributed by atoms with Crippen LogP contribution in [-0.2, 0) is 39.6 Å². The molecule has 0 spiro atoms. The van der Waals surface area contributed by atoms with E-state index in [0.29, 0.717) is 19.6 Å². The highest BCUT2D eigenvalue weighted by atomic mass is 16.7. The second kappa shape index (κ2) is 12.0. The van der Waals surface area contributed by atoms with E-state index in [4.69, 9.17) is 28.4 Å². The van der Waals surface area contributed by atoms with Gasteiger partial charge in [-0.15, -0.1) is 0 Å². The van der Waals surface area contributed by atoms with Gasteiger partial charge in [-0.3, -0.25) is 19.3 Å². The lowest BCUT2D eigenvalue weighted by molar-refractivity contribution is -0.256. The number of carbonyl (C=O) groups excluding carboxylic acids is 3. The molecule has 252 valence electrons. The molecule has 0 radical (unpaired) electrons. The summed E-state index contributed by atoms with van der Waals surface area (Å²) in [7, 11) is 1.55. The average molecular weight is 654 g/mol. The third-order valence-electron chi connectivity index (χ3n) is 9.95. The Hall–Kier alpha value is -3.27. The fourth-order valence-corrected chi connectivity index (χ4v) is 7.68. The first-order valence-corrected chi connectivity index (χ1v) is 16.0. The van der Waals surface area contributed by atoms with Gasteiger partial charge in [-0.05, 0) is 20.8 Å². The molecular formula is C34H39NO12. The third-order valence-corrected chi connectivity index (χ3v) is 9.95. The number of rotatable bonds is 7. The van der Waals surface area contributed by atoms with Crippen LogP contribution >= 0.6 is 0 Å². The SMILES string of the molecule is COC1OCCN2C3CC(OC4CC(O)(C(=O)COC(C)C)Cc5c(O)c6c(c(O)c54)C(=O)c4ccccc4C6=O)OC(C)C3OC12. The van der Waals surface area contributed by atoms with Crippen LogP contribution in [0.15, 0.2) is 24.3 Å². The Labute approximate surface area is 271 Å². The van der Waals surface area contributed by atoms with E-state index >= 15 is 0 Å². The highest BCUT2D eigenvalue weighted by molar-refractivity contribution is 6.30. The number of aliphatic hydroxyl groups is 1. The summed E-state index contributed by atoms with van der Waals surface area (Å²) in [6.07, 6.45) is -4.59. The van der Waals surface area contributed by atoms with Gasteiger partial charge in [0, 0.05) is 61.2 Å². The Morgan fingerprint density at radius 2 is 1.77 bits per heavy atom. The number of benzene rings is 2. The molecule has 0 aromatic heterocycles. The molecule has 8 atom stereocenters. The molecule has 2 aromatic rings. The molecular weight excluding hydrogens is 614 g/mol. The van der Waals surface area contributed by atoms with Gasteiger partial charge in [0.1, 0.15) is 29.8 Å². The molecule has 2 aliphatic carbocycles. The van der Waals surface area contributed by atoms with Crippen molar-refractivity contribution >= 4 is 17.3 Å². The molecule has 8 unspecified atom stereocenters. The van der Waals surface area contributed by atoms with E-state index in [1.807, 2.05) is 6.92 Å². The molecule has 47 heavy (non-hydrogen) atoms. The number of phenols is 2. The summed E-state index contributed by atoms with van der Waals surface area (Å²) < 4.78 is 35.8. The van der Waals surface area contributed by atoms with Gasteiger partial charge < -0.3 is 43.7 Å². The topological polar surface area (TPSA) is 171 Å². The molecule has 3 fully saturated rings. The van der Waals surface area contributed by atoms with Crippen molar-refractivity contribution in [3.63, 3.8) is 0 Å². The second-order valence-corrected chi connectivity index (χ2v) is 13.1. The number of aromatic hydroxyl groups is 2. The van der Waals surface area contributed by atoms with Crippen molar-refractivity contribution in [2.75, 3.05) is 26.9 Å². The molecule has 3 aliphatic heterocycles. The number of phenolic OH excluding ortho intramolecular Hbond substituents is 2. The van der Waals surface area contributed by atoms with Crippen LogP contribution in [0.25, 0.3) is 0 Å². The van der Waals surface area contributed by atoms with Gasteiger partial charge in [0.15, 0.2) is 36.2 Å². The maximum Gasteiger partial charge on any atom is 0.198 e. The summed E-state index contributed by atoms with van der Waals surface area (Å²) in [4.78, 5) is 43.0. The fraction of sp³-hybridized carbons (Fsp3) is 0.559. The molecule has 13 heteroatoms. The first-order chi connectivity index (χ1) is 22.4. The zero-order valence-electron chi connectivity index (χ0n) is 26.6. The van der Waals surface area contributed by atoms with Gasteiger partial charge in [-0.25, -0.2) is 0 Å². The first kappa shape index (κ1) is 32.3.